The molecule has 3 N–H and O–H groups in total. The molecule has 6 nitrogen and oxygen atoms in total. The lowest BCUT2D eigenvalue weighted by molar-refractivity contribution is -0.121. The predicted octanol–water partition coefficient (Wildman–Crippen LogP) is 2.48. The zero-order valence-corrected chi connectivity index (χ0v) is 17.3. The molecule has 3 heterocycles. The summed E-state index contributed by atoms with van der Waals surface area (Å²) in [5, 5.41) is 7.03. The van der Waals surface area contributed by atoms with Crippen LogP contribution in [0.25, 0.3) is 10.2 Å². The van der Waals surface area contributed by atoms with E-state index in [1.165, 1.54) is 11.8 Å². The Hall–Kier alpha value is -1.38. The molecule has 1 aliphatic rings. The van der Waals surface area contributed by atoms with Gasteiger partial charge in [-0.05, 0) is 52.6 Å². The van der Waals surface area contributed by atoms with Gasteiger partial charge in [0.15, 0.2) is 0 Å². The number of H-pyrrole nitrogens is 1. The number of thioether (sulfide) groups is 1. The van der Waals surface area contributed by atoms with E-state index >= 15 is 0 Å². The lowest BCUT2D eigenvalue weighted by Gasteiger charge is -2.31. The summed E-state index contributed by atoms with van der Waals surface area (Å²) in [6, 6.07) is 0.487. The normalized spacial score (nSPS) is 21.7. The van der Waals surface area contributed by atoms with Crippen molar-refractivity contribution in [3.8, 4) is 0 Å². The van der Waals surface area contributed by atoms with Crippen LogP contribution in [-0.2, 0) is 10.5 Å². The third-order valence-corrected chi connectivity index (χ3v) is 7.27. The van der Waals surface area contributed by atoms with Crippen molar-refractivity contribution in [2.24, 2.45) is 0 Å². The summed E-state index contributed by atoms with van der Waals surface area (Å²) in [5.41, 5.74) is 0.910. The van der Waals surface area contributed by atoms with Gasteiger partial charge in [-0.3, -0.25) is 9.59 Å². The summed E-state index contributed by atoms with van der Waals surface area (Å²) in [6.45, 7) is 8.98. The van der Waals surface area contributed by atoms with Crippen LogP contribution < -0.4 is 16.2 Å². The first-order valence-corrected chi connectivity index (χ1v) is 10.9. The van der Waals surface area contributed by atoms with Crippen LogP contribution in [0.3, 0.4) is 0 Å². The minimum atomic E-state index is -0.197. The molecule has 3 rings (SSSR count). The maximum absolute atomic E-state index is 12.5. The molecule has 1 fully saturated rings. The highest BCUT2D eigenvalue weighted by Gasteiger charge is 2.24. The smallest absolute Gasteiger partial charge is 0.259 e. The van der Waals surface area contributed by atoms with E-state index in [2.05, 4.69) is 27.5 Å². The molecule has 3 unspecified atom stereocenters. The lowest BCUT2D eigenvalue weighted by atomic mass is 10.00. The first-order chi connectivity index (χ1) is 12.4. The number of piperidine rings is 1. The van der Waals surface area contributed by atoms with Gasteiger partial charge in [0.25, 0.3) is 5.56 Å². The zero-order valence-electron chi connectivity index (χ0n) is 15.6. The quantitative estimate of drug-likeness (QED) is 0.725. The first-order valence-electron chi connectivity index (χ1n) is 9.01. The van der Waals surface area contributed by atoms with Gasteiger partial charge >= 0.3 is 0 Å². The highest BCUT2D eigenvalue weighted by atomic mass is 32.2. The Kier molecular flexibility index (Phi) is 6.04. The van der Waals surface area contributed by atoms with E-state index in [4.69, 9.17) is 0 Å². The number of aromatic nitrogens is 2. The second kappa shape index (κ2) is 8.10. The number of thiophene rings is 1. The lowest BCUT2D eigenvalue weighted by Crippen LogP contribution is -2.53. The molecule has 0 aliphatic carbocycles. The Morgan fingerprint density at radius 2 is 2.23 bits per heavy atom. The maximum Gasteiger partial charge on any atom is 0.259 e. The van der Waals surface area contributed by atoms with Crippen LogP contribution in [0, 0.1) is 13.8 Å². The third kappa shape index (κ3) is 4.13. The van der Waals surface area contributed by atoms with Gasteiger partial charge < -0.3 is 15.6 Å². The number of amides is 1. The topological polar surface area (TPSA) is 86.9 Å². The highest BCUT2D eigenvalue weighted by Crippen LogP contribution is 2.26. The van der Waals surface area contributed by atoms with Crippen molar-refractivity contribution >= 4 is 39.2 Å². The van der Waals surface area contributed by atoms with Crippen LogP contribution in [0.4, 0.5) is 0 Å². The predicted molar refractivity (Wildman–Crippen MR) is 109 cm³/mol. The van der Waals surface area contributed by atoms with Crippen LogP contribution in [0.15, 0.2) is 4.79 Å². The van der Waals surface area contributed by atoms with Crippen LogP contribution >= 0.6 is 23.1 Å². The number of carbonyl (C=O) groups excluding carboxylic acids is 1. The van der Waals surface area contributed by atoms with E-state index in [-0.39, 0.29) is 22.8 Å². The molecule has 8 heteroatoms. The van der Waals surface area contributed by atoms with Gasteiger partial charge in [-0.1, -0.05) is 0 Å². The van der Waals surface area contributed by atoms with E-state index in [9.17, 15) is 9.59 Å². The molecular weight excluding hydrogens is 368 g/mol. The number of carbonyl (C=O) groups is 1. The Morgan fingerprint density at radius 3 is 2.96 bits per heavy atom. The van der Waals surface area contributed by atoms with Crippen molar-refractivity contribution < 1.29 is 4.79 Å². The van der Waals surface area contributed by atoms with Crippen LogP contribution in [0.1, 0.15) is 43.0 Å². The molecule has 0 aromatic carbocycles. The fourth-order valence-electron chi connectivity index (χ4n) is 3.19. The van der Waals surface area contributed by atoms with Gasteiger partial charge in [0, 0.05) is 17.0 Å². The monoisotopic (exact) mass is 394 g/mol. The maximum atomic E-state index is 12.5. The average Bonchev–Trinajstić information content (AvgIpc) is 2.89. The molecule has 0 radical (unpaired) electrons. The van der Waals surface area contributed by atoms with E-state index in [0.29, 0.717) is 23.0 Å². The van der Waals surface area contributed by atoms with Gasteiger partial charge in [0.1, 0.15) is 10.7 Å². The number of aryl methyl sites for hydroxylation is 2. The van der Waals surface area contributed by atoms with Crippen molar-refractivity contribution in [3.05, 3.63) is 26.6 Å². The zero-order chi connectivity index (χ0) is 18.8. The molecule has 3 atom stereocenters. The number of nitrogens with one attached hydrogen (secondary N) is 3. The second-order valence-electron chi connectivity index (χ2n) is 6.93. The highest BCUT2D eigenvalue weighted by molar-refractivity contribution is 7.99. The molecule has 2 aromatic rings. The number of nitrogens with zero attached hydrogens (tertiary/aromatic N) is 1. The fourth-order valence-corrected chi connectivity index (χ4v) is 5.00. The minimum absolute atomic E-state index is 0.0433. The van der Waals surface area contributed by atoms with Gasteiger partial charge in [-0.15, -0.1) is 23.1 Å². The SMILES string of the molecule is Cc1sc2nc(CSC(C)C(=O)NC3CCCNC3C)[nH]c(=O)c2c1C. The summed E-state index contributed by atoms with van der Waals surface area (Å²) >= 11 is 3.04. The number of fused-ring (bicyclic) bond motifs is 1. The summed E-state index contributed by atoms with van der Waals surface area (Å²) in [5.74, 6) is 1.18. The van der Waals surface area contributed by atoms with Gasteiger partial charge in [-0.25, -0.2) is 4.98 Å². The fraction of sp³-hybridized carbons (Fsp3) is 0.611. The van der Waals surface area contributed by atoms with Gasteiger partial charge in [-0.2, -0.15) is 0 Å². The molecule has 142 valence electrons. The van der Waals surface area contributed by atoms with Crippen molar-refractivity contribution in [3.63, 3.8) is 0 Å². The average molecular weight is 395 g/mol. The number of hydrogen-bond acceptors (Lipinski definition) is 6. The number of aromatic amines is 1. The molecule has 1 saturated heterocycles. The van der Waals surface area contributed by atoms with Gasteiger partial charge in [0.2, 0.25) is 5.91 Å². The van der Waals surface area contributed by atoms with E-state index in [0.717, 1.165) is 34.7 Å². The van der Waals surface area contributed by atoms with Gasteiger partial charge in [0.05, 0.1) is 16.4 Å². The Morgan fingerprint density at radius 1 is 1.46 bits per heavy atom. The van der Waals surface area contributed by atoms with Crippen LogP contribution in [0.5, 0.6) is 0 Å². The molecule has 0 saturated carbocycles. The molecule has 26 heavy (non-hydrogen) atoms. The van der Waals surface area contributed by atoms with Crippen molar-refractivity contribution in [2.75, 3.05) is 6.54 Å². The molecule has 2 aromatic heterocycles. The number of hydrogen-bond donors (Lipinski definition) is 3. The van der Waals surface area contributed by atoms with Crippen molar-refractivity contribution in [1.29, 1.82) is 0 Å². The van der Waals surface area contributed by atoms with E-state index in [1.54, 1.807) is 11.3 Å². The largest absolute Gasteiger partial charge is 0.351 e. The molecular formula is C18H26N4O2S2. The minimum Gasteiger partial charge on any atom is -0.351 e. The first kappa shape index (κ1) is 19.4. The van der Waals surface area contributed by atoms with Crippen LogP contribution in [0.2, 0.25) is 0 Å². The Bertz CT molecular complexity index is 861. The molecule has 0 bridgehead atoms. The van der Waals surface area contributed by atoms with E-state index in [1.807, 2.05) is 20.8 Å². The van der Waals surface area contributed by atoms with E-state index < -0.39 is 0 Å². The Balaban J connectivity index is 1.62. The standard InChI is InChI=1S/C18H26N4O2S2/c1-9-11(3)26-18-15(9)17(24)21-14(22-18)8-25-12(4)16(23)20-13-6-5-7-19-10(13)2/h10,12-13,19H,5-8H2,1-4H3,(H,20,23)(H,21,22,24). The Labute approximate surface area is 161 Å². The number of rotatable bonds is 5. The molecule has 0 spiro atoms. The molecule has 1 aliphatic heterocycles. The van der Waals surface area contributed by atoms with Crippen LogP contribution in [-0.4, -0.2) is 39.8 Å². The third-order valence-electron chi connectivity index (χ3n) is 5.02. The summed E-state index contributed by atoms with van der Waals surface area (Å²) in [4.78, 5) is 34.1. The summed E-state index contributed by atoms with van der Waals surface area (Å²) in [6.07, 6.45) is 2.10. The second-order valence-corrected chi connectivity index (χ2v) is 9.46. The summed E-state index contributed by atoms with van der Waals surface area (Å²) < 4.78 is 0. The van der Waals surface area contributed by atoms with Crippen molar-refractivity contribution in [2.45, 2.75) is 63.6 Å². The van der Waals surface area contributed by atoms with Crippen molar-refractivity contribution in [1.82, 2.24) is 20.6 Å². The summed E-state index contributed by atoms with van der Waals surface area (Å²) in [7, 11) is 0. The molecule has 1 amide bonds.